The van der Waals surface area contributed by atoms with E-state index >= 15 is 0 Å². The maximum atomic E-state index is 4.97. The molecule has 0 amide bonds. The highest BCUT2D eigenvalue weighted by Gasteiger charge is 2.23. The number of rotatable bonds is 9. The van der Waals surface area contributed by atoms with Gasteiger partial charge < -0.3 is 15.2 Å². The lowest BCUT2D eigenvalue weighted by atomic mass is 10.1. The normalized spacial score (nSPS) is 18.2. The van der Waals surface area contributed by atoms with E-state index < -0.39 is 0 Å². The highest BCUT2D eigenvalue weighted by Crippen LogP contribution is 2.25. The van der Waals surface area contributed by atoms with Gasteiger partial charge in [0.15, 0.2) is 5.96 Å². The van der Waals surface area contributed by atoms with Gasteiger partial charge in [0.25, 0.3) is 0 Å². The highest BCUT2D eigenvalue weighted by atomic mass is 15.3. The summed E-state index contributed by atoms with van der Waals surface area (Å²) in [6.07, 6.45) is 9.42. The molecule has 4 rings (SSSR count). The number of aliphatic imine (C=N–C) groups is 1. The number of hydrogen-bond donors (Lipinski definition) is 2. The van der Waals surface area contributed by atoms with Gasteiger partial charge in [0.1, 0.15) is 11.6 Å². The van der Waals surface area contributed by atoms with Gasteiger partial charge in [0.05, 0.1) is 12.6 Å². The summed E-state index contributed by atoms with van der Waals surface area (Å²) >= 11 is 0. The van der Waals surface area contributed by atoms with Gasteiger partial charge in [-0.25, -0.2) is 0 Å². The van der Waals surface area contributed by atoms with Crippen LogP contribution in [0.25, 0.3) is 0 Å². The second kappa shape index (κ2) is 12.0. The number of aromatic nitrogens is 3. The minimum atomic E-state index is 0.348. The van der Waals surface area contributed by atoms with Gasteiger partial charge in [-0.3, -0.25) is 9.89 Å². The van der Waals surface area contributed by atoms with Crippen LogP contribution in [0, 0.1) is 0 Å². The van der Waals surface area contributed by atoms with E-state index in [0.717, 1.165) is 57.2 Å². The number of aryl methyl sites for hydroxylation is 2. The summed E-state index contributed by atoms with van der Waals surface area (Å²) in [5.41, 5.74) is 1.36. The van der Waals surface area contributed by atoms with Gasteiger partial charge in [-0.1, -0.05) is 36.8 Å². The molecule has 0 aliphatic carbocycles. The largest absolute Gasteiger partial charge is 0.357 e. The van der Waals surface area contributed by atoms with E-state index in [-0.39, 0.29) is 0 Å². The van der Waals surface area contributed by atoms with Gasteiger partial charge in [0.2, 0.25) is 0 Å². The Morgan fingerprint density at radius 3 is 2.62 bits per heavy atom. The Morgan fingerprint density at radius 2 is 1.81 bits per heavy atom. The molecule has 1 fully saturated rings. The first-order chi connectivity index (χ1) is 15.8. The van der Waals surface area contributed by atoms with Crippen LogP contribution in [0.3, 0.4) is 0 Å². The van der Waals surface area contributed by atoms with Crippen LogP contribution < -0.4 is 10.6 Å². The number of guanidine groups is 1. The molecule has 174 valence electrons. The Bertz CT molecular complexity index is 839. The van der Waals surface area contributed by atoms with Gasteiger partial charge in [-0.05, 0) is 57.7 Å². The van der Waals surface area contributed by atoms with Crippen molar-refractivity contribution in [2.24, 2.45) is 4.99 Å². The fourth-order valence-corrected chi connectivity index (χ4v) is 4.86. The van der Waals surface area contributed by atoms with E-state index in [2.05, 4.69) is 67.6 Å². The van der Waals surface area contributed by atoms with Crippen molar-refractivity contribution in [1.29, 1.82) is 0 Å². The molecule has 0 radical (unpaired) electrons. The van der Waals surface area contributed by atoms with Gasteiger partial charge >= 0.3 is 0 Å². The van der Waals surface area contributed by atoms with Crippen molar-refractivity contribution in [3.8, 4) is 0 Å². The Hall–Kier alpha value is -2.41. The van der Waals surface area contributed by atoms with Crippen LogP contribution in [-0.4, -0.2) is 58.3 Å². The van der Waals surface area contributed by atoms with E-state index in [1.54, 1.807) is 0 Å². The van der Waals surface area contributed by atoms with Crippen molar-refractivity contribution in [3.63, 3.8) is 0 Å². The van der Waals surface area contributed by atoms with Crippen LogP contribution in [0.4, 0.5) is 0 Å². The molecule has 1 atom stereocenters. The maximum Gasteiger partial charge on any atom is 0.191 e. The number of benzene rings is 1. The second-order valence-corrected chi connectivity index (χ2v) is 8.91. The zero-order chi connectivity index (χ0) is 22.0. The predicted molar refractivity (Wildman–Crippen MR) is 130 cm³/mol. The number of hydrogen-bond acceptors (Lipinski definition) is 4. The Kier molecular flexibility index (Phi) is 8.54. The van der Waals surface area contributed by atoms with E-state index in [4.69, 9.17) is 4.99 Å². The van der Waals surface area contributed by atoms with E-state index in [0.29, 0.717) is 6.04 Å². The van der Waals surface area contributed by atoms with Crippen LogP contribution >= 0.6 is 0 Å². The summed E-state index contributed by atoms with van der Waals surface area (Å²) in [7, 11) is 0. The van der Waals surface area contributed by atoms with Gasteiger partial charge in [0, 0.05) is 32.5 Å². The molecule has 32 heavy (non-hydrogen) atoms. The Labute approximate surface area is 192 Å². The van der Waals surface area contributed by atoms with Crippen molar-refractivity contribution < 1.29 is 0 Å². The summed E-state index contributed by atoms with van der Waals surface area (Å²) in [5.74, 6) is 3.23. The van der Waals surface area contributed by atoms with Crippen LogP contribution in [0.15, 0.2) is 35.3 Å². The number of nitrogens with one attached hydrogen (secondary N) is 2. The Balaban J connectivity index is 1.32. The van der Waals surface area contributed by atoms with Gasteiger partial charge in [-0.2, -0.15) is 0 Å². The second-order valence-electron chi connectivity index (χ2n) is 8.91. The molecule has 3 heterocycles. The zero-order valence-electron chi connectivity index (χ0n) is 19.6. The molecule has 2 aromatic rings. The van der Waals surface area contributed by atoms with Crippen molar-refractivity contribution >= 4 is 5.96 Å². The van der Waals surface area contributed by atoms with Crippen molar-refractivity contribution in [2.75, 3.05) is 32.7 Å². The molecule has 1 aromatic carbocycles. The zero-order valence-corrected chi connectivity index (χ0v) is 19.6. The summed E-state index contributed by atoms with van der Waals surface area (Å²) in [6.45, 7) is 8.06. The van der Waals surface area contributed by atoms with E-state index in [9.17, 15) is 0 Å². The molecule has 2 aliphatic rings. The standard InChI is InChI=1S/C25H39N7/c1-2-26-25(27-16-11-15-24-30-29-23-14-7-4-8-19-32(23)24)28-20-22(31-17-9-10-18-31)21-12-5-3-6-13-21/h3,5-6,12-13,22H,2,4,7-11,14-20H2,1H3,(H2,26,27,28). The summed E-state index contributed by atoms with van der Waals surface area (Å²) < 4.78 is 2.35. The van der Waals surface area contributed by atoms with Crippen LogP contribution in [0.5, 0.6) is 0 Å². The maximum absolute atomic E-state index is 4.97. The summed E-state index contributed by atoms with van der Waals surface area (Å²) in [6, 6.07) is 11.2. The Morgan fingerprint density at radius 1 is 1.00 bits per heavy atom. The fraction of sp³-hybridized carbons (Fsp3) is 0.640. The molecule has 2 N–H and O–H groups in total. The molecular formula is C25H39N7. The van der Waals surface area contributed by atoms with Crippen molar-refractivity contribution in [2.45, 2.75) is 70.9 Å². The van der Waals surface area contributed by atoms with Crippen LogP contribution in [-0.2, 0) is 19.4 Å². The van der Waals surface area contributed by atoms with E-state index in [1.165, 1.54) is 56.6 Å². The molecule has 7 nitrogen and oxygen atoms in total. The molecule has 1 aromatic heterocycles. The summed E-state index contributed by atoms with van der Waals surface area (Å²) in [4.78, 5) is 7.55. The first kappa shape index (κ1) is 22.8. The highest BCUT2D eigenvalue weighted by molar-refractivity contribution is 5.79. The molecule has 2 aliphatic heterocycles. The lowest BCUT2D eigenvalue weighted by Gasteiger charge is -2.27. The van der Waals surface area contributed by atoms with Crippen molar-refractivity contribution in [3.05, 3.63) is 47.5 Å². The lowest BCUT2D eigenvalue weighted by Crippen LogP contribution is -2.39. The monoisotopic (exact) mass is 437 g/mol. The first-order valence-corrected chi connectivity index (χ1v) is 12.6. The molecular weight excluding hydrogens is 398 g/mol. The fourth-order valence-electron chi connectivity index (χ4n) is 4.86. The third-order valence-electron chi connectivity index (χ3n) is 6.59. The number of nitrogens with zero attached hydrogens (tertiary/aromatic N) is 5. The molecule has 1 saturated heterocycles. The minimum absolute atomic E-state index is 0.348. The molecule has 0 bridgehead atoms. The molecule has 0 saturated carbocycles. The molecule has 7 heteroatoms. The topological polar surface area (TPSA) is 70.4 Å². The third kappa shape index (κ3) is 6.09. The lowest BCUT2D eigenvalue weighted by molar-refractivity contribution is 0.251. The molecule has 1 unspecified atom stereocenters. The number of fused-ring (bicyclic) bond motifs is 1. The quantitative estimate of drug-likeness (QED) is 0.358. The third-order valence-corrected chi connectivity index (χ3v) is 6.59. The summed E-state index contributed by atoms with van der Waals surface area (Å²) in [5, 5.41) is 15.8. The van der Waals surface area contributed by atoms with E-state index in [1.807, 2.05) is 0 Å². The smallest absolute Gasteiger partial charge is 0.191 e. The first-order valence-electron chi connectivity index (χ1n) is 12.6. The average molecular weight is 438 g/mol. The average Bonchev–Trinajstić information content (AvgIpc) is 3.42. The number of likely N-dealkylation sites (tertiary alicyclic amines) is 1. The van der Waals surface area contributed by atoms with Crippen LogP contribution in [0.1, 0.15) is 68.7 Å². The molecule has 0 spiro atoms. The van der Waals surface area contributed by atoms with Crippen LogP contribution in [0.2, 0.25) is 0 Å². The minimum Gasteiger partial charge on any atom is -0.357 e. The SMILES string of the molecule is CCNC(=NCC(c1ccccc1)N1CCCC1)NCCCc1nnc2n1CCCCC2. The van der Waals surface area contributed by atoms with Gasteiger partial charge in [-0.15, -0.1) is 10.2 Å². The van der Waals surface area contributed by atoms with Crippen molar-refractivity contribution in [1.82, 2.24) is 30.3 Å². The predicted octanol–water partition coefficient (Wildman–Crippen LogP) is 3.33.